The second-order valence-electron chi connectivity index (χ2n) is 2.42. The van der Waals surface area contributed by atoms with Gasteiger partial charge in [0.05, 0.1) is 19.5 Å². The summed E-state index contributed by atoms with van der Waals surface area (Å²) < 4.78 is 9.47. The monoisotopic (exact) mass is 172 g/mol. The molecular formula is C9H16O3. The van der Waals surface area contributed by atoms with E-state index in [-0.39, 0.29) is 0 Å². The van der Waals surface area contributed by atoms with Crippen LogP contribution in [0.1, 0.15) is 25.7 Å². The van der Waals surface area contributed by atoms with Gasteiger partial charge in [-0.2, -0.15) is 0 Å². The van der Waals surface area contributed by atoms with E-state index in [1.54, 1.807) is 0 Å². The summed E-state index contributed by atoms with van der Waals surface area (Å²) in [4.78, 5) is 9.73. The molecule has 0 aromatic rings. The van der Waals surface area contributed by atoms with Crippen LogP contribution in [-0.2, 0) is 14.3 Å². The van der Waals surface area contributed by atoms with Gasteiger partial charge in [-0.05, 0) is 25.7 Å². The zero-order chi connectivity index (χ0) is 9.07. The fourth-order valence-corrected chi connectivity index (χ4v) is 0.856. The first-order chi connectivity index (χ1) is 5.91. The van der Waals surface area contributed by atoms with E-state index < -0.39 is 0 Å². The van der Waals surface area contributed by atoms with Gasteiger partial charge in [0.2, 0.25) is 0 Å². The molecule has 0 saturated carbocycles. The van der Waals surface area contributed by atoms with Gasteiger partial charge in [-0.1, -0.05) is 6.58 Å². The predicted molar refractivity (Wildman–Crippen MR) is 46.6 cm³/mol. The van der Waals surface area contributed by atoms with Crippen molar-refractivity contribution in [3.8, 4) is 0 Å². The molecule has 3 heteroatoms. The minimum Gasteiger partial charge on any atom is -0.502 e. The Balaban J connectivity index is 2.81. The van der Waals surface area contributed by atoms with Crippen LogP contribution >= 0.6 is 0 Å². The van der Waals surface area contributed by atoms with E-state index >= 15 is 0 Å². The molecule has 12 heavy (non-hydrogen) atoms. The molecule has 0 aliphatic rings. The Morgan fingerprint density at radius 3 is 2.08 bits per heavy atom. The highest BCUT2D eigenvalue weighted by molar-refractivity contribution is 5.36. The second kappa shape index (κ2) is 10.0. The molecule has 70 valence electrons. The molecule has 0 radical (unpaired) electrons. The molecule has 0 bridgehead atoms. The van der Waals surface area contributed by atoms with Crippen molar-refractivity contribution in [2.45, 2.75) is 25.7 Å². The summed E-state index contributed by atoms with van der Waals surface area (Å²) in [6.45, 7) is 5.19. The molecule has 0 aromatic heterocycles. The number of hydrogen-bond donors (Lipinski definition) is 0. The highest BCUT2D eigenvalue weighted by Gasteiger charge is 1.89. The van der Waals surface area contributed by atoms with E-state index in [9.17, 15) is 4.79 Å². The van der Waals surface area contributed by atoms with Crippen molar-refractivity contribution in [2.24, 2.45) is 0 Å². The Morgan fingerprint density at radius 2 is 1.58 bits per heavy atom. The largest absolute Gasteiger partial charge is 0.502 e. The van der Waals surface area contributed by atoms with Crippen LogP contribution in [0.2, 0.25) is 0 Å². The highest BCUT2D eigenvalue weighted by atomic mass is 16.5. The Hall–Kier alpha value is -0.990. The summed E-state index contributed by atoms with van der Waals surface area (Å²) in [6, 6.07) is 0. The number of ether oxygens (including phenoxy) is 2. The maximum Gasteiger partial charge on any atom is 0.293 e. The first kappa shape index (κ1) is 11.0. The standard InChI is InChI=1S/C9H16O3/c1-2-11-7-5-3-4-6-8-12-9-10/h2,9H,1,3-8H2. The summed E-state index contributed by atoms with van der Waals surface area (Å²) in [5.74, 6) is 0. The van der Waals surface area contributed by atoms with Gasteiger partial charge in [0.1, 0.15) is 0 Å². The average Bonchev–Trinajstić information content (AvgIpc) is 2.10. The van der Waals surface area contributed by atoms with Crippen LogP contribution in [0.4, 0.5) is 0 Å². The predicted octanol–water partition coefficient (Wildman–Crippen LogP) is 1.88. The molecule has 0 aromatic carbocycles. The third-order valence-corrected chi connectivity index (χ3v) is 1.46. The molecule has 0 unspecified atom stereocenters. The fraction of sp³-hybridized carbons (Fsp3) is 0.667. The maximum absolute atomic E-state index is 9.73. The molecule has 0 saturated heterocycles. The van der Waals surface area contributed by atoms with Gasteiger partial charge >= 0.3 is 0 Å². The van der Waals surface area contributed by atoms with E-state index in [0.717, 1.165) is 32.3 Å². The third kappa shape index (κ3) is 9.01. The minimum atomic E-state index is 0.487. The van der Waals surface area contributed by atoms with Crippen LogP contribution in [0.15, 0.2) is 12.8 Å². The Kier molecular flexibility index (Phi) is 9.18. The van der Waals surface area contributed by atoms with Crippen LogP contribution in [0.25, 0.3) is 0 Å². The van der Waals surface area contributed by atoms with Crippen LogP contribution in [0.3, 0.4) is 0 Å². The normalized spacial score (nSPS) is 9.00. The van der Waals surface area contributed by atoms with Gasteiger partial charge in [0.25, 0.3) is 6.47 Å². The quantitative estimate of drug-likeness (QED) is 0.302. The van der Waals surface area contributed by atoms with Crippen LogP contribution in [0, 0.1) is 0 Å². The van der Waals surface area contributed by atoms with Crippen molar-refractivity contribution in [1.29, 1.82) is 0 Å². The molecule has 0 aliphatic carbocycles. The first-order valence-corrected chi connectivity index (χ1v) is 4.19. The zero-order valence-corrected chi connectivity index (χ0v) is 7.33. The molecule has 0 heterocycles. The maximum atomic E-state index is 9.73. The highest BCUT2D eigenvalue weighted by Crippen LogP contribution is 1.99. The smallest absolute Gasteiger partial charge is 0.293 e. The van der Waals surface area contributed by atoms with Gasteiger partial charge in [-0.25, -0.2) is 0 Å². The van der Waals surface area contributed by atoms with E-state index in [2.05, 4.69) is 11.3 Å². The van der Waals surface area contributed by atoms with Crippen molar-refractivity contribution in [2.75, 3.05) is 13.2 Å². The van der Waals surface area contributed by atoms with E-state index in [0.29, 0.717) is 13.1 Å². The van der Waals surface area contributed by atoms with E-state index in [1.165, 1.54) is 6.26 Å². The Morgan fingerprint density at radius 1 is 1.00 bits per heavy atom. The Bertz CT molecular complexity index is 98.3. The molecule has 3 nitrogen and oxygen atoms in total. The third-order valence-electron chi connectivity index (χ3n) is 1.46. The van der Waals surface area contributed by atoms with Crippen molar-refractivity contribution in [3.05, 3.63) is 12.8 Å². The van der Waals surface area contributed by atoms with Gasteiger partial charge in [-0.15, -0.1) is 0 Å². The lowest BCUT2D eigenvalue weighted by Crippen LogP contribution is -1.92. The summed E-state index contributed by atoms with van der Waals surface area (Å²) >= 11 is 0. The molecular weight excluding hydrogens is 156 g/mol. The van der Waals surface area contributed by atoms with Gasteiger partial charge in [0, 0.05) is 0 Å². The molecule has 0 atom stereocenters. The van der Waals surface area contributed by atoms with E-state index in [1.807, 2.05) is 0 Å². The zero-order valence-electron chi connectivity index (χ0n) is 7.33. The lowest BCUT2D eigenvalue weighted by atomic mass is 10.2. The van der Waals surface area contributed by atoms with Crippen molar-refractivity contribution in [3.63, 3.8) is 0 Å². The molecule has 0 spiro atoms. The number of rotatable bonds is 9. The number of unbranched alkanes of at least 4 members (excludes halogenated alkanes) is 3. The number of carbonyl (C=O) groups excluding carboxylic acids is 1. The van der Waals surface area contributed by atoms with Gasteiger partial charge in [0.15, 0.2) is 0 Å². The van der Waals surface area contributed by atoms with Crippen LogP contribution in [-0.4, -0.2) is 19.7 Å². The van der Waals surface area contributed by atoms with Gasteiger partial charge in [-0.3, -0.25) is 4.79 Å². The lowest BCUT2D eigenvalue weighted by Gasteiger charge is -2.00. The SMILES string of the molecule is C=COCCCCCCOC=O. The molecule has 0 N–H and O–H groups in total. The molecule has 0 fully saturated rings. The lowest BCUT2D eigenvalue weighted by molar-refractivity contribution is -0.128. The van der Waals surface area contributed by atoms with Crippen molar-refractivity contribution >= 4 is 6.47 Å². The minimum absolute atomic E-state index is 0.487. The summed E-state index contributed by atoms with van der Waals surface area (Å²) in [5.41, 5.74) is 0. The first-order valence-electron chi connectivity index (χ1n) is 4.19. The summed E-state index contributed by atoms with van der Waals surface area (Å²) in [5, 5.41) is 0. The second-order valence-corrected chi connectivity index (χ2v) is 2.42. The average molecular weight is 172 g/mol. The van der Waals surface area contributed by atoms with E-state index in [4.69, 9.17) is 4.74 Å². The van der Waals surface area contributed by atoms with Crippen molar-refractivity contribution < 1.29 is 14.3 Å². The van der Waals surface area contributed by atoms with Crippen LogP contribution in [0.5, 0.6) is 0 Å². The van der Waals surface area contributed by atoms with Gasteiger partial charge < -0.3 is 9.47 Å². The molecule has 0 aliphatic heterocycles. The summed E-state index contributed by atoms with van der Waals surface area (Å²) in [6.07, 6.45) is 5.61. The molecule has 0 rings (SSSR count). The topological polar surface area (TPSA) is 35.5 Å². The number of hydrogen-bond acceptors (Lipinski definition) is 3. The van der Waals surface area contributed by atoms with Crippen LogP contribution < -0.4 is 0 Å². The fourth-order valence-electron chi connectivity index (χ4n) is 0.856. The Labute approximate surface area is 73.4 Å². The number of carbonyl (C=O) groups is 1. The summed E-state index contributed by atoms with van der Waals surface area (Å²) in [7, 11) is 0. The molecule has 0 amide bonds. The van der Waals surface area contributed by atoms with Crippen molar-refractivity contribution in [1.82, 2.24) is 0 Å².